The molecule has 0 aliphatic rings. The first-order chi connectivity index (χ1) is 8.34. The molecule has 0 unspecified atom stereocenters. The van der Waals surface area contributed by atoms with Gasteiger partial charge in [0.25, 0.3) is 0 Å². The third-order valence-corrected chi connectivity index (χ3v) is 3.07. The van der Waals surface area contributed by atoms with Gasteiger partial charge in [-0.2, -0.15) is 0 Å². The Bertz CT molecular complexity index is 453. The summed E-state index contributed by atoms with van der Waals surface area (Å²) < 4.78 is 1.15. The van der Waals surface area contributed by atoms with E-state index in [-0.39, 0.29) is 0 Å². The predicted molar refractivity (Wildman–Crippen MR) is 76.2 cm³/mol. The second kappa shape index (κ2) is 6.45. The van der Waals surface area contributed by atoms with E-state index in [0.717, 1.165) is 29.5 Å². The summed E-state index contributed by atoms with van der Waals surface area (Å²) >= 11 is 3.49. The predicted octanol–water partition coefficient (Wildman–Crippen LogP) is 4.29. The van der Waals surface area contributed by atoms with Crippen LogP contribution < -0.4 is 5.32 Å². The molecule has 1 radical (unpaired) electrons. The molecule has 2 aromatic rings. The van der Waals surface area contributed by atoms with Gasteiger partial charge in [0.15, 0.2) is 0 Å². The normalized spacial score (nSPS) is 10.2. The van der Waals surface area contributed by atoms with Gasteiger partial charge in [-0.05, 0) is 48.7 Å². The molecule has 0 aliphatic heterocycles. The second-order valence-corrected chi connectivity index (χ2v) is 4.86. The van der Waals surface area contributed by atoms with Crippen molar-refractivity contribution in [3.8, 4) is 0 Å². The van der Waals surface area contributed by atoms with Gasteiger partial charge in [-0.1, -0.05) is 40.2 Å². The van der Waals surface area contributed by atoms with Crippen LogP contribution in [0, 0.1) is 6.07 Å². The number of halogens is 1. The number of hydrogen-bond donors (Lipinski definition) is 1. The number of nitrogens with one attached hydrogen (secondary N) is 1. The highest BCUT2D eigenvalue weighted by molar-refractivity contribution is 9.10. The van der Waals surface area contributed by atoms with E-state index in [1.165, 1.54) is 5.56 Å². The largest absolute Gasteiger partial charge is 0.385 e. The molecule has 2 rings (SSSR count). The lowest BCUT2D eigenvalue weighted by atomic mass is 10.1. The van der Waals surface area contributed by atoms with E-state index < -0.39 is 0 Å². The second-order valence-electron chi connectivity index (χ2n) is 3.95. The van der Waals surface area contributed by atoms with Crippen molar-refractivity contribution in [3.05, 3.63) is 64.6 Å². The summed E-state index contributed by atoms with van der Waals surface area (Å²) in [5.41, 5.74) is 2.54. The lowest BCUT2D eigenvalue weighted by Gasteiger charge is -2.06. The van der Waals surface area contributed by atoms with Gasteiger partial charge < -0.3 is 5.32 Å². The first-order valence-corrected chi connectivity index (χ1v) is 6.58. The van der Waals surface area contributed by atoms with E-state index in [9.17, 15) is 0 Å². The molecule has 0 bridgehead atoms. The number of rotatable bonds is 5. The first kappa shape index (κ1) is 12.2. The van der Waals surface area contributed by atoms with Crippen LogP contribution in [0.3, 0.4) is 0 Å². The fraction of sp³-hybridized carbons (Fsp3) is 0.200. The SMILES string of the molecule is Brc1cccc(CCCNc2cc[c]cc2)c1. The summed E-state index contributed by atoms with van der Waals surface area (Å²) in [4.78, 5) is 0. The molecule has 0 fully saturated rings. The van der Waals surface area contributed by atoms with Gasteiger partial charge in [0.2, 0.25) is 0 Å². The lowest BCUT2D eigenvalue weighted by molar-refractivity contribution is 0.862. The van der Waals surface area contributed by atoms with Crippen LogP contribution in [0.15, 0.2) is 53.0 Å². The van der Waals surface area contributed by atoms with Gasteiger partial charge in [0.05, 0.1) is 0 Å². The highest BCUT2D eigenvalue weighted by atomic mass is 79.9. The summed E-state index contributed by atoms with van der Waals surface area (Å²) in [6, 6.07) is 19.4. The van der Waals surface area contributed by atoms with E-state index in [2.05, 4.69) is 51.6 Å². The summed E-state index contributed by atoms with van der Waals surface area (Å²) in [6.45, 7) is 0.997. The summed E-state index contributed by atoms with van der Waals surface area (Å²) in [5.74, 6) is 0. The Hall–Kier alpha value is -1.28. The minimum Gasteiger partial charge on any atom is -0.385 e. The summed E-state index contributed by atoms with van der Waals surface area (Å²) in [5, 5.41) is 3.40. The monoisotopic (exact) mass is 288 g/mol. The molecule has 0 saturated heterocycles. The van der Waals surface area contributed by atoms with Gasteiger partial charge in [-0.25, -0.2) is 0 Å². The molecule has 17 heavy (non-hydrogen) atoms. The maximum absolute atomic E-state index is 3.49. The molecule has 2 aromatic carbocycles. The summed E-state index contributed by atoms with van der Waals surface area (Å²) in [7, 11) is 0. The topological polar surface area (TPSA) is 12.0 Å². The van der Waals surface area contributed by atoms with E-state index in [1.807, 2.05) is 24.3 Å². The van der Waals surface area contributed by atoms with Crippen LogP contribution in [0.25, 0.3) is 0 Å². The molecule has 0 amide bonds. The molecular formula is C15H15BrN. The quantitative estimate of drug-likeness (QED) is 0.809. The van der Waals surface area contributed by atoms with Gasteiger partial charge >= 0.3 is 0 Å². The maximum atomic E-state index is 3.49. The highest BCUT2D eigenvalue weighted by Gasteiger charge is 1.94. The third kappa shape index (κ3) is 4.23. The van der Waals surface area contributed by atoms with Crippen molar-refractivity contribution >= 4 is 21.6 Å². The van der Waals surface area contributed by atoms with E-state index in [1.54, 1.807) is 0 Å². The van der Waals surface area contributed by atoms with Crippen LogP contribution in [0.2, 0.25) is 0 Å². The van der Waals surface area contributed by atoms with Crippen molar-refractivity contribution in [3.63, 3.8) is 0 Å². The minimum absolute atomic E-state index is 0.997. The molecule has 0 aromatic heterocycles. The zero-order valence-corrected chi connectivity index (χ0v) is 11.2. The molecule has 87 valence electrons. The third-order valence-electron chi connectivity index (χ3n) is 2.58. The van der Waals surface area contributed by atoms with Crippen LogP contribution >= 0.6 is 15.9 Å². The molecule has 1 N–H and O–H groups in total. The Labute approximate surface area is 111 Å². The minimum atomic E-state index is 0.997. The molecule has 0 heterocycles. The van der Waals surface area contributed by atoms with E-state index in [0.29, 0.717) is 0 Å². The van der Waals surface area contributed by atoms with Crippen LogP contribution in [0.4, 0.5) is 5.69 Å². The van der Waals surface area contributed by atoms with Gasteiger partial charge in [0, 0.05) is 16.7 Å². The van der Waals surface area contributed by atoms with Crippen molar-refractivity contribution < 1.29 is 0 Å². The Morgan fingerprint density at radius 1 is 1.12 bits per heavy atom. The number of hydrogen-bond acceptors (Lipinski definition) is 1. The Balaban J connectivity index is 1.73. The van der Waals surface area contributed by atoms with Gasteiger partial charge in [0.1, 0.15) is 0 Å². The Kier molecular flexibility index (Phi) is 4.63. The fourth-order valence-electron chi connectivity index (χ4n) is 1.72. The van der Waals surface area contributed by atoms with Gasteiger partial charge in [-0.3, -0.25) is 0 Å². The average molecular weight is 289 g/mol. The molecule has 0 spiro atoms. The van der Waals surface area contributed by atoms with Crippen LogP contribution in [0.5, 0.6) is 0 Å². The molecule has 0 aliphatic carbocycles. The number of aryl methyl sites for hydroxylation is 1. The van der Waals surface area contributed by atoms with Crippen molar-refractivity contribution in [2.75, 3.05) is 11.9 Å². The average Bonchev–Trinajstić information content (AvgIpc) is 2.36. The van der Waals surface area contributed by atoms with Crippen molar-refractivity contribution in [1.82, 2.24) is 0 Å². The maximum Gasteiger partial charge on any atom is 0.0340 e. The van der Waals surface area contributed by atoms with E-state index >= 15 is 0 Å². The standard InChI is InChI=1S/C15H15BrN/c16-14-8-4-6-13(12-14)7-5-11-17-15-9-2-1-3-10-15/h2-4,6,8-10,12,17H,5,7,11H2. The molecule has 0 saturated carbocycles. The van der Waals surface area contributed by atoms with Crippen molar-refractivity contribution in [2.45, 2.75) is 12.8 Å². The number of anilines is 1. The Morgan fingerprint density at radius 3 is 2.71 bits per heavy atom. The fourth-order valence-corrected chi connectivity index (χ4v) is 2.17. The molecule has 2 heteroatoms. The first-order valence-electron chi connectivity index (χ1n) is 5.79. The van der Waals surface area contributed by atoms with Crippen LogP contribution in [-0.2, 0) is 6.42 Å². The zero-order valence-electron chi connectivity index (χ0n) is 9.62. The molecule has 0 atom stereocenters. The molecule has 1 nitrogen and oxygen atoms in total. The van der Waals surface area contributed by atoms with Crippen LogP contribution in [-0.4, -0.2) is 6.54 Å². The smallest absolute Gasteiger partial charge is 0.0340 e. The van der Waals surface area contributed by atoms with Crippen LogP contribution in [0.1, 0.15) is 12.0 Å². The van der Waals surface area contributed by atoms with Crippen molar-refractivity contribution in [1.29, 1.82) is 0 Å². The highest BCUT2D eigenvalue weighted by Crippen LogP contribution is 2.13. The summed E-state index contributed by atoms with van der Waals surface area (Å²) in [6.07, 6.45) is 2.24. The van der Waals surface area contributed by atoms with E-state index in [4.69, 9.17) is 0 Å². The van der Waals surface area contributed by atoms with Gasteiger partial charge in [-0.15, -0.1) is 0 Å². The molecular weight excluding hydrogens is 274 g/mol. The zero-order chi connectivity index (χ0) is 11.9. The number of benzene rings is 2. The van der Waals surface area contributed by atoms with Crippen molar-refractivity contribution in [2.24, 2.45) is 0 Å². The lowest BCUT2D eigenvalue weighted by Crippen LogP contribution is -2.02. The Morgan fingerprint density at radius 2 is 1.94 bits per heavy atom.